The molecule has 0 spiro atoms. The van der Waals surface area contributed by atoms with Gasteiger partial charge >= 0.3 is 0 Å². The van der Waals surface area contributed by atoms with Gasteiger partial charge in [-0.25, -0.2) is 0 Å². The van der Waals surface area contributed by atoms with Crippen LogP contribution in [-0.4, -0.2) is 17.3 Å². The summed E-state index contributed by atoms with van der Waals surface area (Å²) in [5.41, 5.74) is 7.26. The monoisotopic (exact) mass is 319 g/mol. The van der Waals surface area contributed by atoms with E-state index < -0.39 is 0 Å². The second-order valence-corrected chi connectivity index (χ2v) is 10.2. The normalized spacial score (nSPS) is 57.3. The van der Waals surface area contributed by atoms with Crippen LogP contribution in [0, 0.1) is 40.4 Å². The third kappa shape index (κ3) is 2.27. The number of aliphatic hydroxyl groups is 1. The zero-order valence-corrected chi connectivity index (χ0v) is 15.4. The fourth-order valence-electron chi connectivity index (χ4n) is 8.12. The summed E-state index contributed by atoms with van der Waals surface area (Å²) in [6.07, 6.45) is 12.0. The summed E-state index contributed by atoms with van der Waals surface area (Å²) >= 11 is 0. The first-order valence-electron chi connectivity index (χ1n) is 10.3. The number of aliphatic hydroxyl groups excluding tert-OH is 1. The molecule has 4 saturated carbocycles. The van der Waals surface area contributed by atoms with E-state index >= 15 is 0 Å². The van der Waals surface area contributed by atoms with E-state index in [0.29, 0.717) is 22.8 Å². The van der Waals surface area contributed by atoms with Crippen molar-refractivity contribution >= 4 is 0 Å². The molecule has 1 unspecified atom stereocenters. The van der Waals surface area contributed by atoms with E-state index in [2.05, 4.69) is 13.8 Å². The van der Waals surface area contributed by atoms with E-state index in [9.17, 15) is 5.11 Å². The second-order valence-electron chi connectivity index (χ2n) is 10.2. The van der Waals surface area contributed by atoms with Gasteiger partial charge in [-0.3, -0.25) is 0 Å². The Hall–Kier alpha value is -0.0800. The third-order valence-corrected chi connectivity index (χ3v) is 9.36. The molecule has 4 fully saturated rings. The topological polar surface area (TPSA) is 46.2 Å². The number of nitrogens with two attached hydrogens (primary N) is 1. The summed E-state index contributed by atoms with van der Waals surface area (Å²) < 4.78 is 0. The summed E-state index contributed by atoms with van der Waals surface area (Å²) in [7, 11) is 0. The second kappa shape index (κ2) is 5.46. The number of hydrogen-bond donors (Lipinski definition) is 2. The largest absolute Gasteiger partial charge is 0.393 e. The number of rotatable bonds is 1. The zero-order valence-electron chi connectivity index (χ0n) is 15.4. The highest BCUT2D eigenvalue weighted by molar-refractivity contribution is 5.09. The maximum atomic E-state index is 10.3. The van der Waals surface area contributed by atoms with Crippen molar-refractivity contribution in [3.63, 3.8) is 0 Å². The van der Waals surface area contributed by atoms with Crippen molar-refractivity contribution in [2.24, 2.45) is 46.2 Å². The van der Waals surface area contributed by atoms with E-state index in [1.54, 1.807) is 0 Å². The fourth-order valence-corrected chi connectivity index (χ4v) is 8.12. The van der Waals surface area contributed by atoms with Crippen LogP contribution >= 0.6 is 0 Å². The lowest BCUT2D eigenvalue weighted by atomic mass is 9.44. The van der Waals surface area contributed by atoms with Crippen LogP contribution < -0.4 is 5.73 Å². The average Bonchev–Trinajstić information content (AvgIpc) is 2.85. The van der Waals surface area contributed by atoms with Crippen LogP contribution in [0.2, 0.25) is 0 Å². The molecule has 0 aliphatic heterocycles. The molecule has 2 heteroatoms. The van der Waals surface area contributed by atoms with Gasteiger partial charge in [-0.1, -0.05) is 13.8 Å². The predicted octanol–water partition coefficient (Wildman–Crippen LogP) is 4.35. The van der Waals surface area contributed by atoms with Gasteiger partial charge in [0.1, 0.15) is 0 Å². The Morgan fingerprint density at radius 2 is 1.61 bits per heavy atom. The summed E-state index contributed by atoms with van der Waals surface area (Å²) in [6, 6.07) is 0.463. The van der Waals surface area contributed by atoms with Gasteiger partial charge in [0.15, 0.2) is 0 Å². The van der Waals surface area contributed by atoms with Crippen molar-refractivity contribution in [1.29, 1.82) is 0 Å². The van der Waals surface area contributed by atoms with Crippen LogP contribution in [0.1, 0.15) is 78.6 Å². The molecule has 4 aliphatic rings. The Balaban J connectivity index is 1.60. The van der Waals surface area contributed by atoms with Crippen LogP contribution in [0.15, 0.2) is 0 Å². The highest BCUT2D eigenvalue weighted by Gasteiger charge is 2.60. The van der Waals surface area contributed by atoms with E-state index in [-0.39, 0.29) is 6.10 Å². The first kappa shape index (κ1) is 16.4. The summed E-state index contributed by atoms with van der Waals surface area (Å²) in [5.74, 6) is 4.14. The van der Waals surface area contributed by atoms with Crippen LogP contribution in [0.3, 0.4) is 0 Å². The van der Waals surface area contributed by atoms with Gasteiger partial charge in [-0.05, 0) is 105 Å². The van der Waals surface area contributed by atoms with Gasteiger partial charge in [0.05, 0.1) is 6.10 Å². The molecule has 0 aromatic rings. The molecular formula is C21H37NO. The maximum Gasteiger partial charge on any atom is 0.0545 e. The van der Waals surface area contributed by atoms with E-state index in [1.165, 1.54) is 57.8 Å². The minimum Gasteiger partial charge on any atom is -0.393 e. The first-order chi connectivity index (χ1) is 10.9. The zero-order chi connectivity index (χ0) is 16.4. The lowest BCUT2D eigenvalue weighted by Gasteiger charge is -2.61. The molecule has 4 aliphatic carbocycles. The highest BCUT2D eigenvalue weighted by Crippen LogP contribution is 2.67. The Bertz CT molecular complexity index is 463. The molecule has 0 aromatic carbocycles. The SMILES string of the molecule is CC(O)[C@H]1CC[C@H]2[C@@H]3CC[C@H]4C[C@H](N)CC[C@]4(C)[C@H]3CC[C@]12C. The van der Waals surface area contributed by atoms with E-state index in [1.807, 2.05) is 6.92 Å². The minimum absolute atomic E-state index is 0.124. The number of fused-ring (bicyclic) bond motifs is 5. The molecule has 0 amide bonds. The maximum absolute atomic E-state index is 10.3. The van der Waals surface area contributed by atoms with Gasteiger partial charge in [0.2, 0.25) is 0 Å². The van der Waals surface area contributed by atoms with Gasteiger partial charge in [-0.2, -0.15) is 0 Å². The molecule has 0 heterocycles. The van der Waals surface area contributed by atoms with Crippen molar-refractivity contribution in [3.8, 4) is 0 Å². The van der Waals surface area contributed by atoms with Gasteiger partial charge < -0.3 is 10.8 Å². The third-order valence-electron chi connectivity index (χ3n) is 9.36. The van der Waals surface area contributed by atoms with Crippen LogP contribution in [-0.2, 0) is 0 Å². The fraction of sp³-hybridized carbons (Fsp3) is 1.00. The van der Waals surface area contributed by atoms with E-state index in [4.69, 9.17) is 5.73 Å². The summed E-state index contributed by atoms with van der Waals surface area (Å²) in [6.45, 7) is 7.17. The minimum atomic E-state index is -0.124. The van der Waals surface area contributed by atoms with Gasteiger partial charge in [-0.15, -0.1) is 0 Å². The quantitative estimate of drug-likeness (QED) is 0.754. The molecule has 0 radical (unpaired) electrons. The van der Waals surface area contributed by atoms with E-state index in [0.717, 1.165) is 23.7 Å². The number of hydrogen-bond acceptors (Lipinski definition) is 2. The van der Waals surface area contributed by atoms with Crippen molar-refractivity contribution in [2.75, 3.05) is 0 Å². The molecule has 0 saturated heterocycles. The first-order valence-corrected chi connectivity index (χ1v) is 10.3. The van der Waals surface area contributed by atoms with Crippen LogP contribution in [0.25, 0.3) is 0 Å². The highest BCUT2D eigenvalue weighted by atomic mass is 16.3. The Morgan fingerprint density at radius 1 is 0.913 bits per heavy atom. The predicted molar refractivity (Wildman–Crippen MR) is 94.9 cm³/mol. The Morgan fingerprint density at radius 3 is 2.35 bits per heavy atom. The smallest absolute Gasteiger partial charge is 0.0545 e. The molecule has 0 aromatic heterocycles. The molecule has 9 atom stereocenters. The molecule has 23 heavy (non-hydrogen) atoms. The molecular weight excluding hydrogens is 282 g/mol. The molecule has 3 N–H and O–H groups in total. The van der Waals surface area contributed by atoms with Crippen LogP contribution in [0.4, 0.5) is 0 Å². The molecule has 132 valence electrons. The van der Waals surface area contributed by atoms with Crippen LogP contribution in [0.5, 0.6) is 0 Å². The van der Waals surface area contributed by atoms with Gasteiger partial charge in [0.25, 0.3) is 0 Å². The molecule has 0 bridgehead atoms. The molecule has 2 nitrogen and oxygen atoms in total. The average molecular weight is 320 g/mol. The van der Waals surface area contributed by atoms with Crippen molar-refractivity contribution < 1.29 is 5.11 Å². The molecule has 4 rings (SSSR count). The lowest BCUT2D eigenvalue weighted by molar-refractivity contribution is -0.120. The van der Waals surface area contributed by atoms with Crippen molar-refractivity contribution in [2.45, 2.75) is 90.7 Å². The lowest BCUT2D eigenvalue weighted by Crippen LogP contribution is -2.55. The Kier molecular flexibility index (Phi) is 3.89. The van der Waals surface area contributed by atoms with Crippen molar-refractivity contribution in [1.82, 2.24) is 0 Å². The van der Waals surface area contributed by atoms with Gasteiger partial charge in [0, 0.05) is 6.04 Å². The summed E-state index contributed by atoms with van der Waals surface area (Å²) in [4.78, 5) is 0. The summed E-state index contributed by atoms with van der Waals surface area (Å²) in [5, 5.41) is 10.3. The standard InChI is InChI=1S/C21H37NO/c1-13(23)17-6-7-18-16-5-4-14-12-15(22)8-10-20(14,2)19(16)9-11-21(17,18)3/h13-19,23H,4-12,22H2,1-3H3/t13?,14-,15+,16-,17+,18-,19-,20-,21+/m0/s1. The van der Waals surface area contributed by atoms with Crippen molar-refractivity contribution in [3.05, 3.63) is 0 Å². The Labute approximate surface area is 142 Å².